The van der Waals surface area contributed by atoms with Crippen LogP contribution in [0, 0.1) is 12.3 Å². The second-order valence-corrected chi connectivity index (χ2v) is 6.92. The summed E-state index contributed by atoms with van der Waals surface area (Å²) in [5.74, 6) is 1.43. The lowest BCUT2D eigenvalue weighted by molar-refractivity contribution is 0.118. The van der Waals surface area contributed by atoms with Crippen LogP contribution in [0.3, 0.4) is 0 Å². The fraction of sp³-hybridized carbons (Fsp3) is 0.556. The third-order valence-corrected chi connectivity index (χ3v) is 5.11. The maximum Gasteiger partial charge on any atom is 0.222 e. The Morgan fingerprint density at radius 3 is 3.04 bits per heavy atom. The van der Waals surface area contributed by atoms with Crippen LogP contribution in [-0.4, -0.2) is 32.5 Å². The lowest BCUT2D eigenvalue weighted by atomic mass is 9.86. The molecule has 130 valence electrons. The molecule has 6 nitrogen and oxygen atoms in total. The quantitative estimate of drug-likeness (QED) is 0.852. The molecule has 1 fully saturated rings. The number of aryl methyl sites for hydroxylation is 2. The lowest BCUT2D eigenvalue weighted by Gasteiger charge is -2.30. The number of aliphatic hydroxyl groups is 1. The number of nitrogens with zero attached hydrogens (tertiary/aromatic N) is 3. The van der Waals surface area contributed by atoms with Gasteiger partial charge in [0.05, 0.1) is 17.5 Å². The molecule has 24 heavy (non-hydrogen) atoms. The summed E-state index contributed by atoms with van der Waals surface area (Å²) >= 11 is 0. The Hall–Kier alpha value is -1.92. The van der Waals surface area contributed by atoms with Crippen molar-refractivity contribution in [2.45, 2.75) is 45.7 Å². The van der Waals surface area contributed by atoms with E-state index in [0.29, 0.717) is 18.3 Å². The van der Waals surface area contributed by atoms with Crippen molar-refractivity contribution >= 4 is 0 Å². The smallest absolute Gasteiger partial charge is 0.222 e. The molecule has 0 saturated heterocycles. The van der Waals surface area contributed by atoms with Crippen LogP contribution in [0.5, 0.6) is 11.6 Å². The molecule has 2 aromatic rings. The van der Waals surface area contributed by atoms with Gasteiger partial charge in [0.2, 0.25) is 5.88 Å². The van der Waals surface area contributed by atoms with Crippen LogP contribution < -0.4 is 10.1 Å². The topological polar surface area (TPSA) is 72.2 Å². The molecule has 2 atom stereocenters. The molecule has 1 saturated carbocycles. The van der Waals surface area contributed by atoms with Crippen LogP contribution in [0.15, 0.2) is 24.5 Å². The number of hydrogen-bond donors (Lipinski definition) is 2. The Morgan fingerprint density at radius 1 is 1.50 bits per heavy atom. The Morgan fingerprint density at radius 2 is 2.33 bits per heavy atom. The van der Waals surface area contributed by atoms with Crippen molar-refractivity contribution in [1.82, 2.24) is 20.1 Å². The number of aromatic nitrogens is 3. The van der Waals surface area contributed by atoms with Crippen LogP contribution in [-0.2, 0) is 13.6 Å². The number of pyridine rings is 1. The first kappa shape index (κ1) is 16.9. The van der Waals surface area contributed by atoms with Crippen LogP contribution in [0.25, 0.3) is 0 Å². The van der Waals surface area contributed by atoms with E-state index in [1.165, 1.54) is 0 Å². The zero-order chi connectivity index (χ0) is 17.2. The van der Waals surface area contributed by atoms with Crippen LogP contribution in [0.1, 0.15) is 37.4 Å². The Kier molecular flexibility index (Phi) is 4.87. The molecule has 0 aliphatic heterocycles. The predicted molar refractivity (Wildman–Crippen MR) is 91.9 cm³/mol. The highest BCUT2D eigenvalue weighted by Crippen LogP contribution is 2.38. The average Bonchev–Trinajstić information content (AvgIpc) is 3.08. The van der Waals surface area contributed by atoms with E-state index in [9.17, 15) is 5.11 Å². The second-order valence-electron chi connectivity index (χ2n) is 6.92. The summed E-state index contributed by atoms with van der Waals surface area (Å²) in [7, 11) is 1.88. The molecule has 0 unspecified atom stereocenters. The van der Waals surface area contributed by atoms with Gasteiger partial charge in [-0.25, -0.2) is 4.68 Å². The zero-order valence-electron chi connectivity index (χ0n) is 14.6. The van der Waals surface area contributed by atoms with Crippen LogP contribution in [0.4, 0.5) is 0 Å². The van der Waals surface area contributed by atoms with Crippen molar-refractivity contribution in [3.63, 3.8) is 0 Å². The Labute approximate surface area is 142 Å². The molecule has 6 heteroatoms. The molecule has 1 aliphatic carbocycles. The zero-order valence-corrected chi connectivity index (χ0v) is 14.6. The molecular formula is C18H26N4O2. The first-order chi connectivity index (χ1) is 11.5. The van der Waals surface area contributed by atoms with Gasteiger partial charge in [-0.05, 0) is 31.9 Å². The fourth-order valence-corrected chi connectivity index (χ4v) is 3.53. The van der Waals surface area contributed by atoms with E-state index in [1.807, 2.05) is 26.1 Å². The molecular weight excluding hydrogens is 304 g/mol. The highest BCUT2D eigenvalue weighted by molar-refractivity contribution is 5.34. The summed E-state index contributed by atoms with van der Waals surface area (Å²) in [5, 5.41) is 17.8. The Balaban J connectivity index is 1.76. The van der Waals surface area contributed by atoms with Gasteiger partial charge >= 0.3 is 0 Å². The average molecular weight is 330 g/mol. The van der Waals surface area contributed by atoms with E-state index in [0.717, 1.165) is 36.4 Å². The second kappa shape index (κ2) is 6.91. The van der Waals surface area contributed by atoms with Gasteiger partial charge in [0.1, 0.15) is 5.75 Å². The number of aliphatic hydroxyl groups excluding tert-OH is 1. The van der Waals surface area contributed by atoms with E-state index < -0.39 is 0 Å². The number of nitrogens with one attached hydrogen (secondary N) is 1. The standard InChI is InChI=1S/C18H26N4O2/c1-13-15(11-20-16-7-4-8-18(16,2)12-23)17(22(3)21-13)24-14-6-5-9-19-10-14/h5-6,9-10,16,20,23H,4,7-8,11-12H2,1-3H3/t16-,18+/m0/s1. The molecule has 0 spiro atoms. The maximum atomic E-state index is 9.71. The first-order valence-electron chi connectivity index (χ1n) is 8.48. The highest BCUT2D eigenvalue weighted by Gasteiger charge is 2.38. The van der Waals surface area contributed by atoms with Crippen LogP contribution in [0.2, 0.25) is 0 Å². The van der Waals surface area contributed by atoms with Gasteiger partial charge in [-0.15, -0.1) is 0 Å². The SMILES string of the molecule is Cc1nn(C)c(Oc2cccnc2)c1CN[C@H]1CCC[C@]1(C)CO. The molecule has 0 amide bonds. The highest BCUT2D eigenvalue weighted by atomic mass is 16.5. The van der Waals surface area contributed by atoms with Gasteiger partial charge in [0, 0.05) is 37.9 Å². The first-order valence-corrected chi connectivity index (χ1v) is 8.48. The van der Waals surface area contributed by atoms with Crippen molar-refractivity contribution in [2.75, 3.05) is 6.61 Å². The number of rotatable bonds is 6. The fourth-order valence-electron chi connectivity index (χ4n) is 3.53. The van der Waals surface area contributed by atoms with Gasteiger partial charge in [0.15, 0.2) is 0 Å². The van der Waals surface area contributed by atoms with Gasteiger partial charge in [-0.2, -0.15) is 5.10 Å². The predicted octanol–water partition coefficient (Wildman–Crippen LogP) is 2.56. The third kappa shape index (κ3) is 3.30. The molecule has 3 rings (SSSR count). The Bertz CT molecular complexity index is 686. The minimum atomic E-state index is -0.0412. The molecule has 0 aromatic carbocycles. The molecule has 1 aliphatic rings. The van der Waals surface area contributed by atoms with Gasteiger partial charge in [-0.1, -0.05) is 13.3 Å². The van der Waals surface area contributed by atoms with Gasteiger partial charge < -0.3 is 15.2 Å². The van der Waals surface area contributed by atoms with Gasteiger partial charge in [-0.3, -0.25) is 4.98 Å². The normalized spacial score (nSPS) is 23.6. The molecule has 0 radical (unpaired) electrons. The van der Waals surface area contributed by atoms with Crippen molar-refractivity contribution in [3.8, 4) is 11.6 Å². The summed E-state index contributed by atoms with van der Waals surface area (Å²) in [6.45, 7) is 5.04. The van der Waals surface area contributed by atoms with E-state index in [1.54, 1.807) is 17.1 Å². The van der Waals surface area contributed by atoms with Gasteiger partial charge in [0.25, 0.3) is 0 Å². The van der Waals surface area contributed by atoms with Crippen LogP contribution >= 0.6 is 0 Å². The minimum absolute atomic E-state index is 0.0412. The third-order valence-electron chi connectivity index (χ3n) is 5.11. The largest absolute Gasteiger partial charge is 0.437 e. The van der Waals surface area contributed by atoms with Crippen molar-refractivity contribution in [2.24, 2.45) is 12.5 Å². The lowest BCUT2D eigenvalue weighted by Crippen LogP contribution is -2.41. The van der Waals surface area contributed by atoms with E-state index >= 15 is 0 Å². The summed E-state index contributed by atoms with van der Waals surface area (Å²) in [4.78, 5) is 4.09. The summed E-state index contributed by atoms with van der Waals surface area (Å²) in [6.07, 6.45) is 6.72. The molecule has 2 N–H and O–H groups in total. The monoisotopic (exact) mass is 330 g/mol. The molecule has 2 heterocycles. The maximum absolute atomic E-state index is 9.71. The van der Waals surface area contributed by atoms with Crippen molar-refractivity contribution in [1.29, 1.82) is 0 Å². The van der Waals surface area contributed by atoms with E-state index in [4.69, 9.17) is 4.74 Å². The van der Waals surface area contributed by atoms with Crippen molar-refractivity contribution < 1.29 is 9.84 Å². The molecule has 2 aromatic heterocycles. The van der Waals surface area contributed by atoms with E-state index in [2.05, 4.69) is 22.3 Å². The summed E-state index contributed by atoms with van der Waals surface area (Å²) in [6, 6.07) is 4.04. The number of ether oxygens (including phenoxy) is 1. The minimum Gasteiger partial charge on any atom is -0.437 e. The summed E-state index contributed by atoms with van der Waals surface area (Å²) in [5.41, 5.74) is 1.96. The van der Waals surface area contributed by atoms with Crippen molar-refractivity contribution in [3.05, 3.63) is 35.8 Å². The molecule has 0 bridgehead atoms. The summed E-state index contributed by atoms with van der Waals surface area (Å²) < 4.78 is 7.77. The van der Waals surface area contributed by atoms with E-state index in [-0.39, 0.29) is 12.0 Å². The number of hydrogen-bond acceptors (Lipinski definition) is 5.